The van der Waals surface area contributed by atoms with Crippen LogP contribution in [0, 0.1) is 13.8 Å². The summed E-state index contributed by atoms with van der Waals surface area (Å²) in [7, 11) is 0. The minimum Gasteiger partial charge on any atom is -0.394 e. The second-order valence-electron chi connectivity index (χ2n) is 5.74. The van der Waals surface area contributed by atoms with Gasteiger partial charge in [-0.05, 0) is 44.9 Å². The average molecular weight is 282 g/mol. The smallest absolute Gasteiger partial charge is 0.0965 e. The van der Waals surface area contributed by atoms with Crippen molar-refractivity contribution < 1.29 is 5.11 Å². The molecule has 0 amide bonds. The first-order valence-electron chi connectivity index (χ1n) is 6.81. The van der Waals surface area contributed by atoms with E-state index in [2.05, 4.69) is 50.1 Å². The Bertz CT molecular complexity index is 389. The molecule has 19 heavy (non-hydrogen) atoms. The van der Waals surface area contributed by atoms with Gasteiger partial charge in [-0.15, -0.1) is 11.8 Å². The quantitative estimate of drug-likeness (QED) is 0.755. The standard InChI is InChI=1S/C15H26N2OS/c1-11(2)17-15(5,10-18)6-7-19-14-9-12(3)8-13(4)16-14/h8-9,11,17-18H,6-7,10H2,1-5H3. The van der Waals surface area contributed by atoms with Crippen LogP contribution in [-0.4, -0.2) is 34.0 Å². The van der Waals surface area contributed by atoms with Crippen LogP contribution in [-0.2, 0) is 0 Å². The molecule has 2 N–H and O–H groups in total. The van der Waals surface area contributed by atoms with Gasteiger partial charge in [-0.3, -0.25) is 0 Å². The van der Waals surface area contributed by atoms with Gasteiger partial charge in [0.25, 0.3) is 0 Å². The zero-order valence-electron chi connectivity index (χ0n) is 12.7. The number of aromatic nitrogens is 1. The lowest BCUT2D eigenvalue weighted by atomic mass is 9.99. The number of aliphatic hydroxyl groups excluding tert-OH is 1. The van der Waals surface area contributed by atoms with Gasteiger partial charge >= 0.3 is 0 Å². The van der Waals surface area contributed by atoms with Crippen molar-refractivity contribution >= 4 is 11.8 Å². The van der Waals surface area contributed by atoms with E-state index in [1.807, 2.05) is 6.92 Å². The molecule has 0 saturated heterocycles. The molecule has 0 radical (unpaired) electrons. The Morgan fingerprint density at radius 2 is 2.05 bits per heavy atom. The lowest BCUT2D eigenvalue weighted by Gasteiger charge is -2.31. The van der Waals surface area contributed by atoms with Gasteiger partial charge in [0, 0.05) is 23.0 Å². The molecule has 0 aliphatic carbocycles. The molecule has 1 atom stereocenters. The van der Waals surface area contributed by atoms with Crippen LogP contribution in [0.3, 0.4) is 0 Å². The van der Waals surface area contributed by atoms with E-state index >= 15 is 0 Å². The number of thioether (sulfide) groups is 1. The molecule has 0 bridgehead atoms. The summed E-state index contributed by atoms with van der Waals surface area (Å²) < 4.78 is 0. The molecule has 1 rings (SSSR count). The van der Waals surface area contributed by atoms with E-state index in [9.17, 15) is 5.11 Å². The molecule has 0 saturated carbocycles. The van der Waals surface area contributed by atoms with Crippen molar-refractivity contribution in [1.82, 2.24) is 10.3 Å². The van der Waals surface area contributed by atoms with Crippen LogP contribution in [0.15, 0.2) is 17.2 Å². The molecule has 3 nitrogen and oxygen atoms in total. The third kappa shape index (κ3) is 5.93. The zero-order valence-corrected chi connectivity index (χ0v) is 13.5. The molecular weight excluding hydrogens is 256 g/mol. The molecular formula is C15H26N2OS. The third-order valence-corrected chi connectivity index (χ3v) is 3.88. The Labute approximate surface area is 121 Å². The fraction of sp³-hybridized carbons (Fsp3) is 0.667. The van der Waals surface area contributed by atoms with E-state index in [1.54, 1.807) is 11.8 Å². The Balaban J connectivity index is 2.52. The second-order valence-corrected chi connectivity index (χ2v) is 6.86. The van der Waals surface area contributed by atoms with Crippen molar-refractivity contribution in [2.45, 2.75) is 57.6 Å². The summed E-state index contributed by atoms with van der Waals surface area (Å²) in [6.07, 6.45) is 0.918. The first kappa shape index (κ1) is 16.5. The van der Waals surface area contributed by atoms with E-state index in [-0.39, 0.29) is 12.1 Å². The Kier molecular flexibility index (Phi) is 6.30. The summed E-state index contributed by atoms with van der Waals surface area (Å²) in [5.41, 5.74) is 2.10. The van der Waals surface area contributed by atoms with Gasteiger partial charge in [0.15, 0.2) is 0 Å². The molecule has 0 spiro atoms. The van der Waals surface area contributed by atoms with Crippen LogP contribution < -0.4 is 5.32 Å². The van der Waals surface area contributed by atoms with Crippen molar-refractivity contribution in [3.63, 3.8) is 0 Å². The van der Waals surface area contributed by atoms with Gasteiger partial charge in [0.1, 0.15) is 0 Å². The fourth-order valence-electron chi connectivity index (χ4n) is 2.15. The molecule has 1 unspecified atom stereocenters. The number of nitrogens with zero attached hydrogens (tertiary/aromatic N) is 1. The van der Waals surface area contributed by atoms with Crippen molar-refractivity contribution in [2.75, 3.05) is 12.4 Å². The zero-order chi connectivity index (χ0) is 14.5. The van der Waals surface area contributed by atoms with Crippen molar-refractivity contribution in [3.05, 3.63) is 23.4 Å². The number of aliphatic hydroxyl groups is 1. The van der Waals surface area contributed by atoms with Crippen molar-refractivity contribution in [1.29, 1.82) is 0 Å². The Hall–Kier alpha value is -0.580. The molecule has 1 aromatic rings. The van der Waals surface area contributed by atoms with Crippen LogP contribution in [0.4, 0.5) is 0 Å². The van der Waals surface area contributed by atoms with Crippen LogP contribution in [0.5, 0.6) is 0 Å². The highest BCUT2D eigenvalue weighted by molar-refractivity contribution is 7.99. The molecule has 1 heterocycles. The van der Waals surface area contributed by atoms with Gasteiger partial charge in [0.05, 0.1) is 11.6 Å². The topological polar surface area (TPSA) is 45.2 Å². The lowest BCUT2D eigenvalue weighted by Crippen LogP contribution is -2.49. The average Bonchev–Trinajstić information content (AvgIpc) is 2.26. The maximum Gasteiger partial charge on any atom is 0.0965 e. The maximum absolute atomic E-state index is 9.53. The Morgan fingerprint density at radius 1 is 1.37 bits per heavy atom. The number of rotatable bonds is 7. The van der Waals surface area contributed by atoms with E-state index in [0.717, 1.165) is 22.9 Å². The maximum atomic E-state index is 9.53. The molecule has 0 aliphatic rings. The van der Waals surface area contributed by atoms with E-state index in [4.69, 9.17) is 0 Å². The van der Waals surface area contributed by atoms with E-state index in [0.29, 0.717) is 6.04 Å². The van der Waals surface area contributed by atoms with Crippen molar-refractivity contribution in [3.8, 4) is 0 Å². The highest BCUT2D eigenvalue weighted by Gasteiger charge is 2.23. The number of pyridine rings is 1. The highest BCUT2D eigenvalue weighted by atomic mass is 32.2. The third-order valence-electron chi connectivity index (χ3n) is 2.96. The SMILES string of the molecule is Cc1cc(C)nc(SCCC(C)(CO)NC(C)C)c1. The number of aryl methyl sites for hydroxylation is 2. The van der Waals surface area contributed by atoms with Gasteiger partial charge in [-0.2, -0.15) is 0 Å². The van der Waals surface area contributed by atoms with Crippen LogP contribution in [0.1, 0.15) is 38.4 Å². The summed E-state index contributed by atoms with van der Waals surface area (Å²) >= 11 is 1.76. The summed E-state index contributed by atoms with van der Waals surface area (Å²) in [6.45, 7) is 10.6. The lowest BCUT2D eigenvalue weighted by molar-refractivity contribution is 0.162. The normalized spacial score (nSPS) is 14.7. The minimum absolute atomic E-state index is 0.159. The van der Waals surface area contributed by atoms with Gasteiger partial charge < -0.3 is 10.4 Å². The molecule has 1 aromatic heterocycles. The summed E-state index contributed by atoms with van der Waals surface area (Å²) in [6, 6.07) is 4.58. The predicted octanol–water partition coefficient (Wildman–Crippen LogP) is 2.93. The number of hydrogen-bond donors (Lipinski definition) is 2. The first-order valence-corrected chi connectivity index (χ1v) is 7.80. The Morgan fingerprint density at radius 3 is 2.58 bits per heavy atom. The van der Waals surface area contributed by atoms with Gasteiger partial charge in [-0.1, -0.05) is 13.8 Å². The van der Waals surface area contributed by atoms with Crippen LogP contribution >= 0.6 is 11.8 Å². The van der Waals surface area contributed by atoms with Crippen molar-refractivity contribution in [2.24, 2.45) is 0 Å². The molecule has 4 heteroatoms. The monoisotopic (exact) mass is 282 g/mol. The van der Waals surface area contributed by atoms with Crippen LogP contribution in [0.2, 0.25) is 0 Å². The summed E-state index contributed by atoms with van der Waals surface area (Å²) in [5.74, 6) is 0.951. The van der Waals surface area contributed by atoms with E-state index < -0.39 is 0 Å². The second kappa shape index (κ2) is 7.27. The highest BCUT2D eigenvalue weighted by Crippen LogP contribution is 2.22. The molecule has 0 fully saturated rings. The number of hydrogen-bond acceptors (Lipinski definition) is 4. The fourth-order valence-corrected chi connectivity index (χ4v) is 3.39. The van der Waals surface area contributed by atoms with Crippen LogP contribution in [0.25, 0.3) is 0 Å². The predicted molar refractivity (Wildman–Crippen MR) is 82.8 cm³/mol. The van der Waals surface area contributed by atoms with Gasteiger partial charge in [-0.25, -0.2) is 4.98 Å². The van der Waals surface area contributed by atoms with E-state index in [1.165, 1.54) is 5.56 Å². The first-order chi connectivity index (χ1) is 8.84. The minimum atomic E-state index is -0.208. The summed E-state index contributed by atoms with van der Waals surface area (Å²) in [4.78, 5) is 4.52. The molecule has 0 aromatic carbocycles. The number of nitrogens with one attached hydrogen (secondary N) is 1. The molecule has 0 aliphatic heterocycles. The largest absolute Gasteiger partial charge is 0.394 e. The molecule has 108 valence electrons. The summed E-state index contributed by atoms with van der Waals surface area (Å²) in [5, 5.41) is 14.0. The van der Waals surface area contributed by atoms with Gasteiger partial charge in [0.2, 0.25) is 0 Å².